The number of aromatic nitrogens is 20. The van der Waals surface area contributed by atoms with Crippen LogP contribution < -0.4 is 11.5 Å². The molecule has 0 bridgehead atoms. The van der Waals surface area contributed by atoms with Gasteiger partial charge in [0.1, 0.15) is 0 Å². The summed E-state index contributed by atoms with van der Waals surface area (Å²) in [6, 6.07) is 0. The second-order valence-corrected chi connectivity index (χ2v) is 7.30. The quantitative estimate of drug-likeness (QED) is 0.119. The molecule has 0 amide bonds. The van der Waals surface area contributed by atoms with Crippen molar-refractivity contribution in [3.8, 4) is 0 Å². The van der Waals surface area contributed by atoms with Crippen LogP contribution in [0.5, 0.6) is 0 Å². The molecule has 0 aliphatic rings. The normalized spacial score (nSPS) is 9.57. The predicted molar refractivity (Wildman–Crippen MR) is 131 cm³/mol. The summed E-state index contributed by atoms with van der Waals surface area (Å²) in [4.78, 5) is 2.07. The minimum Gasteiger partial charge on any atom is -0.367 e. The van der Waals surface area contributed by atoms with E-state index in [0.29, 0.717) is 21.3 Å². The highest BCUT2D eigenvalue weighted by Gasteiger charge is 1.95. The van der Waals surface area contributed by atoms with Gasteiger partial charge in [-0.15, -0.1) is 15.3 Å². The first-order valence-corrected chi connectivity index (χ1v) is 10.6. The summed E-state index contributed by atoms with van der Waals surface area (Å²) in [5.74, 6) is 1.19. The van der Waals surface area contributed by atoms with Gasteiger partial charge in [-0.25, -0.2) is 14.0 Å². The fraction of sp³-hybridized carbons (Fsp3) is 0.583. The first-order chi connectivity index (χ1) is 17.6. The number of nitrogen functional groups attached to an aromatic ring is 2. The third-order valence-electron chi connectivity index (χ3n) is 3.39. The second-order valence-electron chi connectivity index (χ2n) is 6.57. The molecule has 23 nitrogen and oxygen atoms in total. The molecule has 0 aromatic carbocycles. The minimum atomic E-state index is 0.176. The summed E-state index contributed by atoms with van der Waals surface area (Å²) in [6.07, 6.45) is 0. The highest BCUT2D eigenvalue weighted by Crippen LogP contribution is 1.84. The van der Waals surface area contributed by atoms with Crippen molar-refractivity contribution < 1.29 is 0 Å². The van der Waals surface area contributed by atoms with E-state index in [1.807, 2.05) is 14.1 Å². The maximum atomic E-state index is 5.17. The number of nitrogens with two attached hydrogens (primary N) is 2. The number of aromatic amines is 4. The Balaban J connectivity index is 0.000000236. The molecule has 5 aromatic rings. The van der Waals surface area contributed by atoms with Gasteiger partial charge in [0.25, 0.3) is 5.95 Å². The van der Waals surface area contributed by atoms with Crippen LogP contribution in [0.15, 0.2) is 0 Å². The SMILES string of the molecule is CN(C)CCn1[nH]nnc1=S.Cc1nn[nH]n1.Cn1[nH]nnc1=S.Cn1nnnc1N.Nc1nn[nH]n1. The van der Waals surface area contributed by atoms with Gasteiger partial charge in [0.15, 0.2) is 5.82 Å². The average molecular weight is 558 g/mol. The Morgan fingerprint density at radius 1 is 0.838 bits per heavy atom. The van der Waals surface area contributed by atoms with Gasteiger partial charge in [0, 0.05) is 20.6 Å². The van der Waals surface area contributed by atoms with Crippen molar-refractivity contribution in [3.63, 3.8) is 0 Å². The van der Waals surface area contributed by atoms with E-state index in [1.54, 1.807) is 30.4 Å². The van der Waals surface area contributed by atoms with E-state index in [2.05, 4.69) is 105 Å². The zero-order valence-electron chi connectivity index (χ0n) is 20.5. The molecule has 0 saturated carbocycles. The van der Waals surface area contributed by atoms with Crippen molar-refractivity contribution >= 4 is 36.3 Å². The lowest BCUT2D eigenvalue weighted by Crippen LogP contribution is -2.19. The van der Waals surface area contributed by atoms with Crippen LogP contribution in [0.1, 0.15) is 5.82 Å². The average Bonchev–Trinajstić information content (AvgIpc) is 3.69. The zero-order valence-corrected chi connectivity index (χ0v) is 22.1. The lowest BCUT2D eigenvalue weighted by Gasteiger charge is -2.07. The lowest BCUT2D eigenvalue weighted by molar-refractivity contribution is 0.369. The molecule has 202 valence electrons. The van der Waals surface area contributed by atoms with Crippen molar-refractivity contribution in [2.24, 2.45) is 14.1 Å². The highest BCUT2D eigenvalue weighted by molar-refractivity contribution is 7.71. The molecule has 5 rings (SSSR count). The standard InChI is InChI=1S/C5H11N5S.C2H5N5.C2H4N4S.C2H4N4.CH3N5/c1-9(2)3-4-10-5(11)6-7-8-10;1-7-2(3)4-5-6-7;1-6-2(7)3-4-5-6;1-2-3-5-6-4-2;2-1-3-5-6-4-1/h3-4H2,1-2H3,(H,6,8,11);1H3,(H2,3,4,6);1H3,(H,3,5,7);1H3,(H,3,4,5,6);(H3,2,3,4,5,6). The third kappa shape index (κ3) is 13.7. The molecule has 0 saturated heterocycles. The van der Waals surface area contributed by atoms with Crippen molar-refractivity contribution in [2.45, 2.75) is 13.5 Å². The Morgan fingerprint density at radius 2 is 1.49 bits per heavy atom. The lowest BCUT2D eigenvalue weighted by atomic mass is 10.6. The van der Waals surface area contributed by atoms with Crippen LogP contribution in [-0.2, 0) is 20.6 Å². The van der Waals surface area contributed by atoms with Gasteiger partial charge in [-0.2, -0.15) is 20.9 Å². The topological polar surface area (TPSA) is 301 Å². The largest absolute Gasteiger partial charge is 0.367 e. The van der Waals surface area contributed by atoms with Crippen LogP contribution in [0.2, 0.25) is 0 Å². The molecule has 0 fully saturated rings. The van der Waals surface area contributed by atoms with Gasteiger partial charge in [0.05, 0.1) is 6.54 Å². The number of tetrazole rings is 5. The minimum absolute atomic E-state index is 0.176. The van der Waals surface area contributed by atoms with Gasteiger partial charge in [-0.1, -0.05) is 36.0 Å². The van der Waals surface area contributed by atoms with Gasteiger partial charge >= 0.3 is 0 Å². The number of likely N-dealkylation sites (N-methyl/N-ethyl adjacent to an activating group) is 1. The van der Waals surface area contributed by atoms with E-state index in [4.69, 9.17) is 23.7 Å². The van der Waals surface area contributed by atoms with Crippen LogP contribution in [0, 0.1) is 16.5 Å². The van der Waals surface area contributed by atoms with E-state index in [1.165, 1.54) is 4.68 Å². The van der Waals surface area contributed by atoms with E-state index in [9.17, 15) is 0 Å². The van der Waals surface area contributed by atoms with Gasteiger partial charge in [-0.05, 0) is 61.1 Å². The van der Waals surface area contributed by atoms with Crippen molar-refractivity contribution in [2.75, 3.05) is 32.1 Å². The number of nitrogens with zero attached hydrogens (tertiary/aromatic N) is 17. The van der Waals surface area contributed by atoms with E-state index in [-0.39, 0.29) is 5.95 Å². The molecule has 25 heteroatoms. The summed E-state index contributed by atoms with van der Waals surface area (Å²) in [5.41, 5.74) is 10.1. The van der Waals surface area contributed by atoms with E-state index < -0.39 is 0 Å². The fourth-order valence-electron chi connectivity index (χ4n) is 1.52. The molecule has 0 spiro atoms. The molecular formula is C12H27N23S2. The van der Waals surface area contributed by atoms with Gasteiger partial charge in [-0.3, -0.25) is 0 Å². The van der Waals surface area contributed by atoms with Gasteiger partial charge < -0.3 is 16.4 Å². The molecule has 0 aliphatic heterocycles. The molecule has 0 unspecified atom stereocenters. The maximum Gasteiger partial charge on any atom is 0.260 e. The first-order valence-electron chi connectivity index (χ1n) is 9.83. The van der Waals surface area contributed by atoms with Crippen molar-refractivity contribution in [1.29, 1.82) is 0 Å². The zero-order chi connectivity index (χ0) is 27.6. The van der Waals surface area contributed by atoms with E-state index >= 15 is 0 Å². The Bertz CT molecular complexity index is 1260. The van der Waals surface area contributed by atoms with E-state index in [0.717, 1.165) is 13.1 Å². The molecule has 0 radical (unpaired) electrons. The third-order valence-corrected chi connectivity index (χ3v) is 4.04. The first kappa shape index (κ1) is 30.4. The Kier molecular flexibility index (Phi) is 13.9. The van der Waals surface area contributed by atoms with Crippen LogP contribution in [0.3, 0.4) is 0 Å². The molecule has 8 N–H and O–H groups in total. The van der Waals surface area contributed by atoms with Crippen molar-refractivity contribution in [3.05, 3.63) is 15.4 Å². The number of hydrogen-bond donors (Lipinski definition) is 6. The number of hydrogen-bond acceptors (Lipinski definition) is 18. The Labute approximate surface area is 218 Å². The summed E-state index contributed by atoms with van der Waals surface area (Å²) >= 11 is 9.52. The Morgan fingerprint density at radius 3 is 1.73 bits per heavy atom. The van der Waals surface area contributed by atoms with Crippen LogP contribution in [0.25, 0.3) is 0 Å². The fourth-order valence-corrected chi connectivity index (χ4v) is 1.78. The summed E-state index contributed by atoms with van der Waals surface area (Å²) in [6.45, 7) is 3.50. The molecule has 0 aliphatic carbocycles. The predicted octanol–water partition coefficient (Wildman–Crippen LogP) is -3.15. The summed E-state index contributed by atoms with van der Waals surface area (Å²) < 4.78 is 5.65. The van der Waals surface area contributed by atoms with Crippen LogP contribution >= 0.6 is 24.4 Å². The molecule has 5 heterocycles. The molecule has 0 atom stereocenters. The second kappa shape index (κ2) is 16.9. The summed E-state index contributed by atoms with van der Waals surface area (Å²) in [7, 11) is 7.44. The van der Waals surface area contributed by atoms with Gasteiger partial charge in [0.2, 0.25) is 15.5 Å². The number of nitrogens with one attached hydrogen (secondary N) is 4. The monoisotopic (exact) mass is 557 g/mol. The maximum absolute atomic E-state index is 5.17. The molecular weight excluding hydrogens is 530 g/mol. The number of H-pyrrole nitrogens is 4. The van der Waals surface area contributed by atoms with Crippen molar-refractivity contribution in [1.82, 2.24) is 107 Å². The molecule has 5 aromatic heterocycles. The molecule has 37 heavy (non-hydrogen) atoms. The number of aryl methyl sites for hydroxylation is 3. The van der Waals surface area contributed by atoms with Crippen LogP contribution in [-0.4, -0.2) is 127 Å². The highest BCUT2D eigenvalue weighted by atomic mass is 32.1. The Hall–Kier alpha value is -4.65. The number of anilines is 2. The smallest absolute Gasteiger partial charge is 0.260 e. The number of rotatable bonds is 3. The summed E-state index contributed by atoms with van der Waals surface area (Å²) in [5, 5.41) is 54.2. The van der Waals surface area contributed by atoms with Crippen LogP contribution in [0.4, 0.5) is 11.9 Å².